The van der Waals surface area contributed by atoms with Crippen LogP contribution in [0.1, 0.15) is 0 Å². The van der Waals surface area contributed by atoms with Gasteiger partial charge in [0, 0.05) is 15.2 Å². The number of halogens is 2. The maximum atomic E-state index is 11.8. The molecule has 0 saturated heterocycles. The second-order valence-electron chi connectivity index (χ2n) is 4.28. The Morgan fingerprint density at radius 2 is 2.05 bits per heavy atom. The molecular formula is C14H10BrClN2O. The van der Waals surface area contributed by atoms with Gasteiger partial charge in [-0.2, -0.15) is 0 Å². The molecular weight excluding hydrogens is 328 g/mol. The number of rotatable bonds is 1. The van der Waals surface area contributed by atoms with Crippen LogP contribution in [0.3, 0.4) is 0 Å². The van der Waals surface area contributed by atoms with Gasteiger partial charge in [-0.1, -0.05) is 33.6 Å². The quantitative estimate of drug-likeness (QED) is 0.846. The van der Waals surface area contributed by atoms with Gasteiger partial charge in [-0.3, -0.25) is 4.79 Å². The molecule has 0 unspecified atom stereocenters. The van der Waals surface area contributed by atoms with E-state index in [-0.39, 0.29) is 12.5 Å². The van der Waals surface area contributed by atoms with Gasteiger partial charge in [-0.25, -0.2) is 0 Å². The normalized spacial score (nSPS) is 14.0. The first-order valence-electron chi connectivity index (χ1n) is 5.76. The van der Waals surface area contributed by atoms with Crippen molar-refractivity contribution in [1.82, 2.24) is 0 Å². The summed E-state index contributed by atoms with van der Waals surface area (Å²) in [7, 11) is 0. The number of hydrogen-bond acceptors (Lipinski definition) is 2. The lowest BCUT2D eigenvalue weighted by molar-refractivity contribution is -0.115. The SMILES string of the molecule is O=C1CN(c2cccc(Cl)c2)c2cc(Br)ccc2N1. The molecule has 3 nitrogen and oxygen atoms in total. The first kappa shape index (κ1) is 12.5. The molecule has 1 heterocycles. The van der Waals surface area contributed by atoms with E-state index in [1.807, 2.05) is 47.4 Å². The Labute approximate surface area is 124 Å². The number of amides is 1. The van der Waals surface area contributed by atoms with Crippen LogP contribution >= 0.6 is 27.5 Å². The van der Waals surface area contributed by atoms with Crippen LogP contribution in [0.15, 0.2) is 46.9 Å². The van der Waals surface area contributed by atoms with Crippen LogP contribution in [0.4, 0.5) is 17.1 Å². The summed E-state index contributed by atoms with van der Waals surface area (Å²) in [6.07, 6.45) is 0. The standard InChI is InChI=1S/C14H10BrClN2O/c15-9-4-5-12-13(6-9)18(8-14(19)17-12)11-3-1-2-10(16)7-11/h1-7H,8H2,(H,17,19). The summed E-state index contributed by atoms with van der Waals surface area (Å²) in [6.45, 7) is 0.282. The second kappa shape index (κ2) is 4.87. The zero-order valence-electron chi connectivity index (χ0n) is 9.86. The van der Waals surface area contributed by atoms with E-state index in [1.165, 1.54) is 0 Å². The number of benzene rings is 2. The molecule has 0 aliphatic carbocycles. The predicted octanol–water partition coefficient (Wildman–Crippen LogP) is 4.19. The van der Waals surface area contributed by atoms with Crippen molar-refractivity contribution in [2.45, 2.75) is 0 Å². The molecule has 0 aromatic heterocycles. The van der Waals surface area contributed by atoms with E-state index in [2.05, 4.69) is 21.2 Å². The number of nitrogens with zero attached hydrogens (tertiary/aromatic N) is 1. The minimum Gasteiger partial charge on any atom is -0.330 e. The summed E-state index contributed by atoms with van der Waals surface area (Å²) in [5.74, 6) is -0.0326. The maximum absolute atomic E-state index is 11.8. The van der Waals surface area contributed by atoms with Crippen molar-refractivity contribution in [1.29, 1.82) is 0 Å². The van der Waals surface area contributed by atoms with Crippen molar-refractivity contribution >= 4 is 50.5 Å². The summed E-state index contributed by atoms with van der Waals surface area (Å²) in [4.78, 5) is 13.7. The molecule has 96 valence electrons. The fourth-order valence-corrected chi connectivity index (χ4v) is 2.66. The monoisotopic (exact) mass is 336 g/mol. The smallest absolute Gasteiger partial charge is 0.244 e. The average Bonchev–Trinajstić information content (AvgIpc) is 2.38. The van der Waals surface area contributed by atoms with Gasteiger partial charge in [0.1, 0.15) is 6.54 Å². The van der Waals surface area contributed by atoms with Gasteiger partial charge in [0.05, 0.1) is 11.4 Å². The zero-order valence-corrected chi connectivity index (χ0v) is 12.2. The van der Waals surface area contributed by atoms with Crippen LogP contribution < -0.4 is 10.2 Å². The number of carbonyl (C=O) groups excluding carboxylic acids is 1. The Kier molecular flexibility index (Phi) is 3.21. The minimum absolute atomic E-state index is 0.0326. The van der Waals surface area contributed by atoms with E-state index < -0.39 is 0 Å². The maximum Gasteiger partial charge on any atom is 0.244 e. The van der Waals surface area contributed by atoms with Gasteiger partial charge in [0.15, 0.2) is 0 Å². The first-order valence-corrected chi connectivity index (χ1v) is 6.93. The van der Waals surface area contributed by atoms with Crippen LogP contribution in [-0.2, 0) is 4.79 Å². The summed E-state index contributed by atoms with van der Waals surface area (Å²) in [5.41, 5.74) is 2.66. The Balaban J connectivity index is 2.12. The third-order valence-corrected chi connectivity index (χ3v) is 3.67. The fraction of sp³-hybridized carbons (Fsp3) is 0.0714. The summed E-state index contributed by atoms with van der Waals surface area (Å²) in [6, 6.07) is 13.3. The van der Waals surface area contributed by atoms with Gasteiger partial charge < -0.3 is 10.2 Å². The van der Waals surface area contributed by atoms with Crippen molar-refractivity contribution in [3.05, 3.63) is 52.0 Å². The molecule has 2 aromatic rings. The summed E-state index contributed by atoms with van der Waals surface area (Å²) < 4.78 is 0.967. The minimum atomic E-state index is -0.0326. The van der Waals surface area contributed by atoms with E-state index in [4.69, 9.17) is 11.6 Å². The van der Waals surface area contributed by atoms with Crippen molar-refractivity contribution in [2.24, 2.45) is 0 Å². The molecule has 0 bridgehead atoms. The number of fused-ring (bicyclic) bond motifs is 1. The number of nitrogens with one attached hydrogen (secondary N) is 1. The molecule has 0 radical (unpaired) electrons. The van der Waals surface area contributed by atoms with Crippen molar-refractivity contribution in [3.63, 3.8) is 0 Å². The highest BCUT2D eigenvalue weighted by Crippen LogP contribution is 2.37. The largest absolute Gasteiger partial charge is 0.330 e. The van der Waals surface area contributed by atoms with E-state index in [0.29, 0.717) is 5.02 Å². The van der Waals surface area contributed by atoms with Crippen LogP contribution in [0, 0.1) is 0 Å². The lowest BCUT2D eigenvalue weighted by Gasteiger charge is -2.31. The number of anilines is 3. The molecule has 0 atom stereocenters. The molecule has 3 rings (SSSR count). The van der Waals surface area contributed by atoms with Crippen molar-refractivity contribution in [2.75, 3.05) is 16.8 Å². The first-order chi connectivity index (χ1) is 9.13. The summed E-state index contributed by atoms with van der Waals surface area (Å²) >= 11 is 9.48. The molecule has 2 aromatic carbocycles. The van der Waals surface area contributed by atoms with E-state index in [1.54, 1.807) is 0 Å². The predicted molar refractivity (Wildman–Crippen MR) is 81.2 cm³/mol. The number of carbonyl (C=O) groups is 1. The van der Waals surface area contributed by atoms with Gasteiger partial charge >= 0.3 is 0 Å². The molecule has 5 heteroatoms. The highest BCUT2D eigenvalue weighted by atomic mass is 79.9. The van der Waals surface area contributed by atoms with Gasteiger partial charge in [0.25, 0.3) is 0 Å². The highest BCUT2D eigenvalue weighted by molar-refractivity contribution is 9.10. The zero-order chi connectivity index (χ0) is 13.4. The molecule has 1 aliphatic rings. The third-order valence-electron chi connectivity index (χ3n) is 2.95. The Morgan fingerprint density at radius 1 is 1.21 bits per heavy atom. The Bertz CT molecular complexity index is 660. The van der Waals surface area contributed by atoms with E-state index in [0.717, 1.165) is 21.5 Å². The van der Waals surface area contributed by atoms with Crippen LogP contribution in [0.2, 0.25) is 5.02 Å². The number of hydrogen-bond donors (Lipinski definition) is 1. The van der Waals surface area contributed by atoms with Gasteiger partial charge in [0.2, 0.25) is 5.91 Å². The van der Waals surface area contributed by atoms with Crippen molar-refractivity contribution in [3.8, 4) is 0 Å². The highest BCUT2D eigenvalue weighted by Gasteiger charge is 2.23. The topological polar surface area (TPSA) is 32.3 Å². The molecule has 19 heavy (non-hydrogen) atoms. The van der Waals surface area contributed by atoms with Gasteiger partial charge in [-0.15, -0.1) is 0 Å². The van der Waals surface area contributed by atoms with Crippen LogP contribution in [0.25, 0.3) is 0 Å². The molecule has 1 N–H and O–H groups in total. The Morgan fingerprint density at radius 3 is 2.84 bits per heavy atom. The molecule has 1 aliphatic heterocycles. The van der Waals surface area contributed by atoms with Crippen LogP contribution in [0.5, 0.6) is 0 Å². The van der Waals surface area contributed by atoms with Gasteiger partial charge in [-0.05, 0) is 36.4 Å². The van der Waals surface area contributed by atoms with Crippen LogP contribution in [-0.4, -0.2) is 12.5 Å². The fourth-order valence-electron chi connectivity index (χ4n) is 2.13. The third kappa shape index (κ3) is 2.46. The summed E-state index contributed by atoms with van der Waals surface area (Å²) in [5, 5.41) is 3.52. The Hall–Kier alpha value is -1.52. The molecule has 1 amide bonds. The van der Waals surface area contributed by atoms with E-state index in [9.17, 15) is 4.79 Å². The van der Waals surface area contributed by atoms with E-state index >= 15 is 0 Å². The lowest BCUT2D eigenvalue weighted by Crippen LogP contribution is -2.35. The van der Waals surface area contributed by atoms with Crippen molar-refractivity contribution < 1.29 is 4.79 Å². The lowest BCUT2D eigenvalue weighted by atomic mass is 10.1. The second-order valence-corrected chi connectivity index (χ2v) is 5.63. The molecule has 0 spiro atoms. The molecule has 0 saturated carbocycles. The average molecular weight is 338 g/mol. The molecule has 0 fully saturated rings.